The molecule has 4 atom stereocenters. The summed E-state index contributed by atoms with van der Waals surface area (Å²) in [6.45, 7) is 2.02. The second kappa shape index (κ2) is 10.3. The van der Waals surface area contributed by atoms with Gasteiger partial charge in [-0.2, -0.15) is 5.26 Å². The zero-order valence-electron chi connectivity index (χ0n) is 21.5. The third-order valence-electron chi connectivity index (χ3n) is 7.85. The Bertz CT molecular complexity index is 1810. The van der Waals surface area contributed by atoms with Crippen LogP contribution >= 0.6 is 23.2 Å². The lowest BCUT2D eigenvalue weighted by atomic mass is 10.0. The Balaban J connectivity index is 1.29. The van der Waals surface area contributed by atoms with Gasteiger partial charge in [-0.1, -0.05) is 58.7 Å². The number of nitriles is 1. The molecule has 2 aliphatic rings. The maximum absolute atomic E-state index is 13.8. The average molecular weight is 585 g/mol. The zero-order chi connectivity index (χ0) is 28.1. The highest BCUT2D eigenvalue weighted by molar-refractivity contribution is 6.32. The van der Waals surface area contributed by atoms with Gasteiger partial charge in [-0.3, -0.25) is 4.98 Å². The molecule has 3 N–H and O–H groups in total. The predicted molar refractivity (Wildman–Crippen MR) is 157 cm³/mol. The van der Waals surface area contributed by atoms with Crippen molar-refractivity contribution in [3.63, 3.8) is 0 Å². The average Bonchev–Trinajstić information content (AvgIpc) is 3.31. The Labute approximate surface area is 245 Å². The summed E-state index contributed by atoms with van der Waals surface area (Å²) >= 11 is 12.6. The van der Waals surface area contributed by atoms with Gasteiger partial charge < -0.3 is 16.0 Å². The number of halogens is 3. The first-order valence-electron chi connectivity index (χ1n) is 13.2. The van der Waals surface area contributed by atoms with Crippen LogP contribution in [-0.4, -0.2) is 33.1 Å². The fraction of sp³-hybridized carbons (Fsp3) is 0.200. The summed E-state index contributed by atoms with van der Waals surface area (Å²) in [7, 11) is 0. The lowest BCUT2D eigenvalue weighted by Gasteiger charge is -2.21. The molecule has 41 heavy (non-hydrogen) atoms. The molecule has 0 spiro atoms. The molecular formula is C30H23Cl2FN8. The molecule has 8 nitrogen and oxygen atoms in total. The summed E-state index contributed by atoms with van der Waals surface area (Å²) in [6.07, 6.45) is 3.52. The number of nitrogens with one attached hydrogen (secondary N) is 3. The molecule has 3 heterocycles. The van der Waals surface area contributed by atoms with Gasteiger partial charge in [0.1, 0.15) is 17.6 Å². The minimum Gasteiger partial charge on any atom is -0.371 e. The smallest absolute Gasteiger partial charge is 0.141 e. The van der Waals surface area contributed by atoms with Crippen LogP contribution < -0.4 is 16.0 Å². The highest BCUT2D eigenvalue weighted by Gasteiger charge is 2.55. The molecule has 1 aliphatic carbocycles. The summed E-state index contributed by atoms with van der Waals surface area (Å²) in [5, 5.41) is 30.2. The quantitative estimate of drug-likeness (QED) is 0.201. The van der Waals surface area contributed by atoms with Crippen LogP contribution in [0, 0.1) is 29.0 Å². The monoisotopic (exact) mass is 584 g/mol. The molecule has 5 aromatic rings. The molecule has 2 fully saturated rings. The zero-order valence-corrected chi connectivity index (χ0v) is 23.0. The maximum Gasteiger partial charge on any atom is 0.141 e. The van der Waals surface area contributed by atoms with Gasteiger partial charge in [-0.25, -0.2) is 9.07 Å². The molecule has 1 saturated heterocycles. The minimum absolute atomic E-state index is 0.0305. The fourth-order valence-corrected chi connectivity index (χ4v) is 6.19. The summed E-state index contributed by atoms with van der Waals surface area (Å²) < 4.78 is 15.8. The molecule has 0 amide bonds. The number of benzene rings is 3. The summed E-state index contributed by atoms with van der Waals surface area (Å²) in [6, 6.07) is 20.0. The van der Waals surface area contributed by atoms with Crippen molar-refractivity contribution in [3.05, 3.63) is 106 Å². The number of piperidine rings is 1. The number of hydrogen-bond acceptors (Lipinski definition) is 7. The first-order valence-corrected chi connectivity index (χ1v) is 13.9. The maximum atomic E-state index is 13.8. The predicted octanol–water partition coefficient (Wildman–Crippen LogP) is 6.48. The molecule has 1 unspecified atom stereocenters. The number of nitrogens with zero attached hydrogens (tertiary/aromatic N) is 5. The van der Waals surface area contributed by atoms with Gasteiger partial charge in [-0.05, 0) is 35.9 Å². The summed E-state index contributed by atoms with van der Waals surface area (Å²) in [5.74, 6) is 0.673. The van der Waals surface area contributed by atoms with E-state index >= 15 is 0 Å². The third kappa shape index (κ3) is 4.74. The van der Waals surface area contributed by atoms with E-state index in [-0.39, 0.29) is 11.1 Å². The Morgan fingerprint density at radius 3 is 2.63 bits per heavy atom. The highest BCUT2D eigenvalue weighted by Crippen LogP contribution is 2.52. The summed E-state index contributed by atoms with van der Waals surface area (Å²) in [5.41, 5.74) is 4.34. The Morgan fingerprint density at radius 2 is 1.88 bits per heavy atom. The van der Waals surface area contributed by atoms with Gasteiger partial charge in [0.05, 0.1) is 45.8 Å². The van der Waals surface area contributed by atoms with E-state index in [2.05, 4.69) is 37.3 Å². The molecule has 2 aromatic heterocycles. The van der Waals surface area contributed by atoms with Crippen molar-refractivity contribution in [2.75, 3.05) is 23.7 Å². The molecule has 3 aromatic carbocycles. The number of pyridine rings is 1. The molecule has 0 radical (unpaired) electrons. The number of rotatable bonds is 7. The highest BCUT2D eigenvalue weighted by atomic mass is 35.5. The van der Waals surface area contributed by atoms with Crippen LogP contribution in [0.1, 0.15) is 28.9 Å². The van der Waals surface area contributed by atoms with Crippen LogP contribution in [0.2, 0.25) is 10.0 Å². The first kappa shape index (κ1) is 25.7. The molecule has 7 rings (SSSR count). The number of fused-ring (bicyclic) bond motifs is 2. The molecule has 0 bridgehead atoms. The number of aromatic nitrogens is 4. The van der Waals surface area contributed by atoms with E-state index < -0.39 is 5.82 Å². The van der Waals surface area contributed by atoms with Crippen LogP contribution in [0.15, 0.2) is 73.1 Å². The van der Waals surface area contributed by atoms with Crippen molar-refractivity contribution in [2.24, 2.45) is 11.8 Å². The van der Waals surface area contributed by atoms with E-state index in [1.54, 1.807) is 18.2 Å². The van der Waals surface area contributed by atoms with Crippen molar-refractivity contribution in [1.82, 2.24) is 25.3 Å². The van der Waals surface area contributed by atoms with Crippen molar-refractivity contribution < 1.29 is 4.39 Å². The van der Waals surface area contributed by atoms with E-state index in [0.29, 0.717) is 56.4 Å². The summed E-state index contributed by atoms with van der Waals surface area (Å²) in [4.78, 5) is 4.63. The van der Waals surface area contributed by atoms with E-state index in [1.165, 1.54) is 18.3 Å². The van der Waals surface area contributed by atoms with Crippen molar-refractivity contribution in [2.45, 2.75) is 12.1 Å². The van der Waals surface area contributed by atoms with Crippen molar-refractivity contribution in [1.29, 1.82) is 5.26 Å². The topological polar surface area (TPSA) is 103 Å². The van der Waals surface area contributed by atoms with Gasteiger partial charge in [0.25, 0.3) is 0 Å². The molecule has 1 aliphatic heterocycles. The third-order valence-corrected chi connectivity index (χ3v) is 8.36. The van der Waals surface area contributed by atoms with Gasteiger partial charge in [0, 0.05) is 47.2 Å². The Kier molecular flexibility index (Phi) is 6.47. The van der Waals surface area contributed by atoms with Crippen LogP contribution in [0.4, 0.5) is 21.5 Å². The Morgan fingerprint density at radius 1 is 1.07 bits per heavy atom. The first-order chi connectivity index (χ1) is 20.0. The lowest BCUT2D eigenvalue weighted by Crippen LogP contribution is -2.17. The SMILES string of the molecule is N#Cc1cnc2c(N[C@@H](c3ccccc3)c3cn(C4[C@H]5CNC[C@@H]45)nn3)cc(Cl)cc2c1Nc1ccc(F)c(Cl)c1. The van der Waals surface area contributed by atoms with E-state index in [4.69, 9.17) is 23.2 Å². The second-order valence-corrected chi connectivity index (χ2v) is 11.2. The standard InChI is InChI=1S/C30H23Cl2FN8/c31-18-8-20-27(37-19-6-7-24(33)23(32)10-19)17(11-34)12-36-29(20)25(9-18)38-28(16-4-2-1-3-5-16)26-15-41(40-39-26)30-21-13-35-14-22(21)30/h1-10,12,15,21-22,28,30,35,38H,13-14H2,(H,36,37)/t21-,22+,28-,30?/m0/s1. The van der Waals surface area contributed by atoms with Gasteiger partial charge in [0.2, 0.25) is 0 Å². The van der Waals surface area contributed by atoms with E-state index in [0.717, 1.165) is 24.3 Å². The minimum atomic E-state index is -0.530. The molecular weight excluding hydrogens is 562 g/mol. The van der Waals surface area contributed by atoms with Gasteiger partial charge >= 0.3 is 0 Å². The van der Waals surface area contributed by atoms with Crippen molar-refractivity contribution in [3.8, 4) is 6.07 Å². The Hall–Kier alpha value is -4.23. The molecule has 204 valence electrons. The van der Waals surface area contributed by atoms with Crippen LogP contribution in [0.3, 0.4) is 0 Å². The number of anilines is 3. The second-order valence-electron chi connectivity index (χ2n) is 10.4. The van der Waals surface area contributed by atoms with Crippen LogP contribution in [0.5, 0.6) is 0 Å². The van der Waals surface area contributed by atoms with Crippen LogP contribution in [0.25, 0.3) is 10.9 Å². The number of hydrogen-bond donors (Lipinski definition) is 3. The lowest BCUT2D eigenvalue weighted by molar-refractivity contribution is 0.509. The molecule has 11 heteroatoms. The van der Waals surface area contributed by atoms with Crippen LogP contribution in [-0.2, 0) is 0 Å². The molecule has 1 saturated carbocycles. The van der Waals surface area contributed by atoms with E-state index in [9.17, 15) is 9.65 Å². The van der Waals surface area contributed by atoms with Crippen molar-refractivity contribution >= 4 is 51.2 Å². The van der Waals surface area contributed by atoms with E-state index in [1.807, 2.05) is 41.2 Å². The van der Waals surface area contributed by atoms with Gasteiger partial charge in [0.15, 0.2) is 0 Å². The largest absolute Gasteiger partial charge is 0.371 e. The normalized spacial score (nSPS) is 19.9. The fourth-order valence-electron chi connectivity index (χ4n) is 5.79. The van der Waals surface area contributed by atoms with Gasteiger partial charge in [-0.15, -0.1) is 5.10 Å².